The summed E-state index contributed by atoms with van der Waals surface area (Å²) >= 11 is 0. The van der Waals surface area contributed by atoms with Gasteiger partial charge in [-0.25, -0.2) is 4.79 Å². The van der Waals surface area contributed by atoms with Gasteiger partial charge in [0.25, 0.3) is 0 Å². The summed E-state index contributed by atoms with van der Waals surface area (Å²) in [6.45, 7) is 2.56. The monoisotopic (exact) mass is 171 g/mol. The zero-order chi connectivity index (χ0) is 9.14. The minimum absolute atomic E-state index is 0.0484. The number of nitrogens with zero attached hydrogens (tertiary/aromatic N) is 1. The average molecular weight is 171 g/mol. The molecule has 0 radical (unpaired) electrons. The predicted molar refractivity (Wildman–Crippen MR) is 42.4 cm³/mol. The van der Waals surface area contributed by atoms with Crippen molar-refractivity contribution < 1.29 is 14.3 Å². The third-order valence-electron chi connectivity index (χ3n) is 2.12. The lowest BCUT2D eigenvalue weighted by Crippen LogP contribution is -2.53. The minimum atomic E-state index is -0.365. The van der Waals surface area contributed by atoms with Crippen LogP contribution in [0.2, 0.25) is 0 Å². The fourth-order valence-electron chi connectivity index (χ4n) is 1.31. The van der Waals surface area contributed by atoms with Crippen LogP contribution in [-0.4, -0.2) is 36.5 Å². The molecule has 1 amide bonds. The highest BCUT2D eigenvalue weighted by Crippen LogP contribution is 2.16. The maximum absolute atomic E-state index is 11.1. The van der Waals surface area contributed by atoms with Crippen molar-refractivity contribution in [2.45, 2.75) is 25.8 Å². The van der Waals surface area contributed by atoms with E-state index in [2.05, 4.69) is 4.74 Å². The van der Waals surface area contributed by atoms with Gasteiger partial charge in [-0.05, 0) is 6.42 Å². The van der Waals surface area contributed by atoms with Crippen LogP contribution in [0.15, 0.2) is 0 Å². The molecule has 0 aromatic carbocycles. The molecule has 0 N–H and O–H groups in total. The van der Waals surface area contributed by atoms with Gasteiger partial charge in [-0.2, -0.15) is 0 Å². The first-order valence-electron chi connectivity index (χ1n) is 4.08. The number of methoxy groups -OCH3 is 1. The Balaban J connectivity index is 2.55. The zero-order valence-corrected chi connectivity index (χ0v) is 7.37. The fraction of sp³-hybridized carbons (Fsp3) is 0.750. The van der Waals surface area contributed by atoms with Crippen LogP contribution in [0.3, 0.4) is 0 Å². The summed E-state index contributed by atoms with van der Waals surface area (Å²) in [5.41, 5.74) is 0. The van der Waals surface area contributed by atoms with Gasteiger partial charge in [0.05, 0.1) is 7.11 Å². The van der Waals surface area contributed by atoms with Crippen molar-refractivity contribution >= 4 is 11.9 Å². The van der Waals surface area contributed by atoms with E-state index < -0.39 is 0 Å². The molecule has 1 fully saturated rings. The molecule has 1 aliphatic heterocycles. The van der Waals surface area contributed by atoms with E-state index >= 15 is 0 Å². The number of hydrogen-bond acceptors (Lipinski definition) is 3. The highest BCUT2D eigenvalue weighted by molar-refractivity contribution is 5.88. The standard InChI is InChI=1S/C8H13NO3/c1-3-6(8(11)12-2)9-5-4-7(9)10/h6H,3-5H2,1-2H3. The Hall–Kier alpha value is -1.06. The van der Waals surface area contributed by atoms with Crippen molar-refractivity contribution in [2.24, 2.45) is 0 Å². The Labute approximate surface area is 71.5 Å². The van der Waals surface area contributed by atoms with Gasteiger partial charge in [0.2, 0.25) is 5.91 Å². The molecule has 1 heterocycles. The number of hydrogen-bond donors (Lipinski definition) is 0. The first-order chi connectivity index (χ1) is 5.70. The van der Waals surface area contributed by atoms with Crippen molar-refractivity contribution in [1.82, 2.24) is 4.90 Å². The third kappa shape index (κ3) is 1.42. The van der Waals surface area contributed by atoms with Crippen LogP contribution in [0.1, 0.15) is 19.8 Å². The van der Waals surface area contributed by atoms with Crippen LogP contribution in [0, 0.1) is 0 Å². The molecule has 4 nitrogen and oxygen atoms in total. The molecular weight excluding hydrogens is 158 g/mol. The molecule has 1 unspecified atom stereocenters. The molecule has 1 saturated heterocycles. The summed E-state index contributed by atoms with van der Waals surface area (Å²) in [5, 5.41) is 0. The molecule has 0 aliphatic carbocycles. The number of esters is 1. The molecule has 0 spiro atoms. The topological polar surface area (TPSA) is 46.6 Å². The summed E-state index contributed by atoms with van der Waals surface area (Å²) < 4.78 is 4.58. The lowest BCUT2D eigenvalue weighted by atomic mass is 10.1. The fourth-order valence-corrected chi connectivity index (χ4v) is 1.31. The van der Waals surface area contributed by atoms with Gasteiger partial charge >= 0.3 is 5.97 Å². The zero-order valence-electron chi connectivity index (χ0n) is 7.37. The molecule has 1 aliphatic rings. The number of ether oxygens (including phenoxy) is 1. The van der Waals surface area contributed by atoms with Crippen molar-refractivity contribution in [3.05, 3.63) is 0 Å². The summed E-state index contributed by atoms with van der Waals surface area (Å²) in [6.07, 6.45) is 1.19. The van der Waals surface area contributed by atoms with Crippen molar-refractivity contribution in [1.29, 1.82) is 0 Å². The van der Waals surface area contributed by atoms with E-state index in [9.17, 15) is 9.59 Å². The minimum Gasteiger partial charge on any atom is -0.467 e. The third-order valence-corrected chi connectivity index (χ3v) is 2.12. The molecule has 4 heteroatoms. The Bertz CT molecular complexity index is 202. The van der Waals surface area contributed by atoms with E-state index in [1.807, 2.05) is 6.92 Å². The summed E-state index contributed by atoms with van der Waals surface area (Å²) in [7, 11) is 1.34. The van der Waals surface area contributed by atoms with Gasteiger partial charge in [0.1, 0.15) is 6.04 Å². The second-order valence-electron chi connectivity index (χ2n) is 2.78. The Morgan fingerprint density at radius 2 is 2.42 bits per heavy atom. The van der Waals surface area contributed by atoms with Gasteiger partial charge in [-0.1, -0.05) is 6.92 Å². The second kappa shape index (κ2) is 3.56. The molecule has 1 rings (SSSR count). The van der Waals surface area contributed by atoms with Crippen molar-refractivity contribution in [3.63, 3.8) is 0 Å². The van der Waals surface area contributed by atoms with Crippen LogP contribution >= 0.6 is 0 Å². The lowest BCUT2D eigenvalue weighted by molar-refractivity contribution is -0.158. The van der Waals surface area contributed by atoms with Gasteiger partial charge < -0.3 is 9.64 Å². The summed E-state index contributed by atoms with van der Waals surface area (Å²) in [4.78, 5) is 23.6. The average Bonchev–Trinajstić information content (AvgIpc) is 2.09. The number of carbonyl (C=O) groups is 2. The molecular formula is C8H13NO3. The van der Waals surface area contributed by atoms with Gasteiger partial charge in [-0.15, -0.1) is 0 Å². The number of likely N-dealkylation sites (tertiary alicyclic amines) is 1. The Morgan fingerprint density at radius 3 is 2.67 bits per heavy atom. The predicted octanol–water partition coefficient (Wildman–Crippen LogP) is 0.170. The maximum Gasteiger partial charge on any atom is 0.328 e. The molecule has 0 aromatic rings. The first kappa shape index (κ1) is 9.03. The van der Waals surface area contributed by atoms with Crippen LogP contribution in [0.25, 0.3) is 0 Å². The number of β-lactam (4-membered cyclic amide) rings is 1. The van der Waals surface area contributed by atoms with E-state index in [0.29, 0.717) is 19.4 Å². The number of rotatable bonds is 3. The maximum atomic E-state index is 11.1. The molecule has 68 valence electrons. The van der Waals surface area contributed by atoms with Crippen molar-refractivity contribution in [3.8, 4) is 0 Å². The van der Waals surface area contributed by atoms with E-state index in [0.717, 1.165) is 0 Å². The quantitative estimate of drug-likeness (QED) is 0.449. The second-order valence-corrected chi connectivity index (χ2v) is 2.78. The van der Waals surface area contributed by atoms with Crippen LogP contribution < -0.4 is 0 Å². The normalized spacial score (nSPS) is 18.5. The number of carbonyl (C=O) groups excluding carboxylic acids is 2. The Morgan fingerprint density at radius 1 is 1.75 bits per heavy atom. The van der Waals surface area contributed by atoms with E-state index in [1.165, 1.54) is 7.11 Å². The van der Waals surface area contributed by atoms with Crippen LogP contribution in [-0.2, 0) is 14.3 Å². The lowest BCUT2D eigenvalue weighted by Gasteiger charge is -2.35. The molecule has 0 aromatic heterocycles. The van der Waals surface area contributed by atoms with Crippen LogP contribution in [0.5, 0.6) is 0 Å². The smallest absolute Gasteiger partial charge is 0.328 e. The molecule has 0 bridgehead atoms. The van der Waals surface area contributed by atoms with Gasteiger partial charge in [0, 0.05) is 13.0 Å². The highest BCUT2D eigenvalue weighted by atomic mass is 16.5. The number of amides is 1. The van der Waals surface area contributed by atoms with Gasteiger partial charge in [0.15, 0.2) is 0 Å². The first-order valence-corrected chi connectivity index (χ1v) is 4.08. The van der Waals surface area contributed by atoms with E-state index in [4.69, 9.17) is 0 Å². The van der Waals surface area contributed by atoms with E-state index in [1.54, 1.807) is 4.90 Å². The largest absolute Gasteiger partial charge is 0.467 e. The Kier molecular flexibility index (Phi) is 2.68. The van der Waals surface area contributed by atoms with E-state index in [-0.39, 0.29) is 17.9 Å². The van der Waals surface area contributed by atoms with Crippen molar-refractivity contribution in [2.75, 3.05) is 13.7 Å². The van der Waals surface area contributed by atoms with Crippen LogP contribution in [0.4, 0.5) is 0 Å². The summed E-state index contributed by atoms with van der Waals surface area (Å²) in [6, 6.07) is -0.365. The summed E-state index contributed by atoms with van der Waals surface area (Å²) in [5.74, 6) is -0.266. The molecule has 12 heavy (non-hydrogen) atoms. The SMILES string of the molecule is CCC(C(=O)OC)N1CCC1=O. The molecule has 1 atom stereocenters. The van der Waals surface area contributed by atoms with Gasteiger partial charge in [-0.3, -0.25) is 4.79 Å². The highest BCUT2D eigenvalue weighted by Gasteiger charge is 2.34. The molecule has 0 saturated carbocycles.